The van der Waals surface area contributed by atoms with E-state index in [0.29, 0.717) is 4.60 Å². The first-order valence-corrected chi connectivity index (χ1v) is 9.18. The largest absolute Gasteiger partial charge is 0.465 e. The summed E-state index contributed by atoms with van der Waals surface area (Å²) in [5.41, 5.74) is 0.107. The van der Waals surface area contributed by atoms with Gasteiger partial charge in [-0.1, -0.05) is 6.92 Å². The highest BCUT2D eigenvalue weighted by molar-refractivity contribution is 9.10. The number of rotatable bonds is 6. The van der Waals surface area contributed by atoms with Crippen LogP contribution in [-0.2, 0) is 20.5 Å². The van der Waals surface area contributed by atoms with Crippen LogP contribution >= 0.6 is 15.9 Å². The predicted molar refractivity (Wildman–Crippen MR) is 91.8 cm³/mol. The van der Waals surface area contributed by atoms with Crippen LogP contribution in [0.25, 0.3) is 0 Å². The highest BCUT2D eigenvalue weighted by Crippen LogP contribution is 2.24. The molecule has 8 heteroatoms. The monoisotopic (exact) mass is 408 g/mol. The highest BCUT2D eigenvalue weighted by Gasteiger charge is 2.34. The fourth-order valence-electron chi connectivity index (χ4n) is 1.79. The number of ether oxygens (including phenoxy) is 1. The van der Waals surface area contributed by atoms with E-state index < -0.39 is 39.5 Å². The molecular formula is C15H22BrFN2O3S. The summed E-state index contributed by atoms with van der Waals surface area (Å²) in [4.78, 5) is 16.3. The molecule has 1 aromatic rings. The molecule has 0 saturated heterocycles. The van der Waals surface area contributed by atoms with Crippen LogP contribution in [0.3, 0.4) is 0 Å². The minimum absolute atomic E-state index is 0.107. The zero-order valence-corrected chi connectivity index (χ0v) is 16.3. The van der Waals surface area contributed by atoms with Gasteiger partial charge in [0.1, 0.15) is 16.5 Å². The lowest BCUT2D eigenvalue weighted by Crippen LogP contribution is -2.47. The van der Waals surface area contributed by atoms with Gasteiger partial charge in [0.25, 0.3) is 0 Å². The number of pyridine rings is 1. The second-order valence-corrected chi connectivity index (χ2v) is 8.83. The lowest BCUT2D eigenvalue weighted by Gasteiger charge is -2.27. The molecule has 0 aromatic carbocycles. The maximum absolute atomic E-state index is 14.1. The van der Waals surface area contributed by atoms with E-state index in [1.54, 1.807) is 34.6 Å². The molecule has 1 heterocycles. The Balaban J connectivity index is 3.15. The first-order valence-electron chi connectivity index (χ1n) is 7.24. The Kier molecular flexibility index (Phi) is 7.29. The Morgan fingerprint density at radius 1 is 1.48 bits per heavy atom. The topological polar surface area (TPSA) is 68.3 Å². The van der Waals surface area contributed by atoms with E-state index in [-0.39, 0.29) is 12.3 Å². The van der Waals surface area contributed by atoms with Crippen molar-refractivity contribution in [1.82, 2.24) is 9.71 Å². The third-order valence-electron chi connectivity index (χ3n) is 3.10. The van der Waals surface area contributed by atoms with Gasteiger partial charge in [-0.15, -0.1) is 0 Å². The van der Waals surface area contributed by atoms with Crippen LogP contribution in [0, 0.1) is 5.82 Å². The van der Waals surface area contributed by atoms with Crippen LogP contribution in [0.1, 0.15) is 46.2 Å². The van der Waals surface area contributed by atoms with Gasteiger partial charge in [0.2, 0.25) is 0 Å². The Labute approximate surface area is 147 Å². The summed E-state index contributed by atoms with van der Waals surface area (Å²) < 4.78 is 34.1. The molecule has 5 nitrogen and oxygen atoms in total. The molecule has 3 atom stereocenters. The molecule has 130 valence electrons. The van der Waals surface area contributed by atoms with E-state index >= 15 is 0 Å². The summed E-state index contributed by atoms with van der Waals surface area (Å²) in [5.74, 6) is -1.77. The van der Waals surface area contributed by atoms with Gasteiger partial charge in [0.15, 0.2) is 0 Å². The van der Waals surface area contributed by atoms with Gasteiger partial charge in [-0.25, -0.2) is 18.3 Å². The molecule has 0 fully saturated rings. The Morgan fingerprint density at radius 3 is 2.61 bits per heavy atom. The predicted octanol–water partition coefficient (Wildman–Crippen LogP) is 3.07. The molecule has 0 radical (unpaired) electrons. The first kappa shape index (κ1) is 20.2. The van der Waals surface area contributed by atoms with Gasteiger partial charge in [0.05, 0.1) is 28.0 Å². The van der Waals surface area contributed by atoms with Gasteiger partial charge in [0, 0.05) is 5.92 Å². The fourth-order valence-corrected chi connectivity index (χ4v) is 3.00. The molecule has 1 rings (SSSR count). The highest BCUT2D eigenvalue weighted by atomic mass is 79.9. The van der Waals surface area contributed by atoms with Crippen LogP contribution in [-0.4, -0.2) is 32.6 Å². The van der Waals surface area contributed by atoms with Crippen molar-refractivity contribution >= 4 is 32.9 Å². The molecule has 0 spiro atoms. The van der Waals surface area contributed by atoms with Crippen molar-refractivity contribution in [2.45, 2.75) is 51.3 Å². The first-order chi connectivity index (χ1) is 10.6. The van der Waals surface area contributed by atoms with Gasteiger partial charge in [-0.3, -0.25) is 4.79 Å². The van der Waals surface area contributed by atoms with E-state index in [1.807, 2.05) is 0 Å². The van der Waals surface area contributed by atoms with Gasteiger partial charge < -0.3 is 4.74 Å². The number of esters is 1. The Morgan fingerprint density at radius 2 is 2.09 bits per heavy atom. The number of carbonyl (C=O) groups excluding carboxylic acids is 1. The molecule has 0 bridgehead atoms. The van der Waals surface area contributed by atoms with Gasteiger partial charge in [-0.2, -0.15) is 0 Å². The second kappa shape index (κ2) is 8.30. The minimum atomic E-state index is -1.51. The molecule has 1 N–H and O–H groups in total. The van der Waals surface area contributed by atoms with Gasteiger partial charge in [-0.05, 0) is 55.8 Å². The normalized spacial score (nSPS) is 15.8. The Bertz CT molecular complexity index is 593. The number of hydrogen-bond donors (Lipinski definition) is 1. The van der Waals surface area contributed by atoms with Crippen molar-refractivity contribution in [2.24, 2.45) is 0 Å². The Hall–Kier alpha value is -0.860. The molecule has 1 unspecified atom stereocenters. The molecule has 0 aliphatic heterocycles. The van der Waals surface area contributed by atoms with E-state index in [2.05, 4.69) is 25.6 Å². The van der Waals surface area contributed by atoms with Crippen LogP contribution < -0.4 is 4.72 Å². The third-order valence-corrected chi connectivity index (χ3v) is 5.12. The number of nitrogens with one attached hydrogen (secondary N) is 1. The molecule has 0 amide bonds. The van der Waals surface area contributed by atoms with Crippen LogP contribution in [0.4, 0.5) is 4.39 Å². The number of nitrogens with zero attached hydrogens (tertiary/aromatic N) is 1. The zero-order valence-electron chi connectivity index (χ0n) is 13.9. The number of halogens is 2. The summed E-state index contributed by atoms with van der Waals surface area (Å²) >= 11 is 3.19. The summed E-state index contributed by atoms with van der Waals surface area (Å²) in [6, 6.07) is 1.78. The summed E-state index contributed by atoms with van der Waals surface area (Å²) in [6.45, 7) is 8.84. The van der Waals surface area contributed by atoms with Gasteiger partial charge >= 0.3 is 5.97 Å². The summed E-state index contributed by atoms with van der Waals surface area (Å²) in [7, 11) is -1.51. The van der Waals surface area contributed by atoms with E-state index in [9.17, 15) is 13.4 Å². The fraction of sp³-hybridized carbons (Fsp3) is 0.600. The molecule has 1 aromatic heterocycles. The molecule has 0 aliphatic rings. The van der Waals surface area contributed by atoms with Crippen molar-refractivity contribution in [3.8, 4) is 0 Å². The summed E-state index contributed by atoms with van der Waals surface area (Å²) in [6.07, 6.45) is 0. The minimum Gasteiger partial charge on any atom is -0.465 e. The second-order valence-electron chi connectivity index (χ2n) is 6.02. The van der Waals surface area contributed by atoms with E-state index in [1.165, 1.54) is 12.1 Å². The smallest absolute Gasteiger partial charge is 0.324 e. The van der Waals surface area contributed by atoms with E-state index in [4.69, 9.17) is 4.74 Å². The van der Waals surface area contributed by atoms with Crippen molar-refractivity contribution in [3.63, 3.8) is 0 Å². The standard InChI is InChI=1S/C15H22BrFN2O3S/c1-6-22-14(20)13(19-23(21)15(3,4)5)9(2)12-10(17)7-8-11(16)18-12/h7-9,13,19H,6H2,1-5H3/t9?,13-,23+/m0/s1. The average molecular weight is 409 g/mol. The van der Waals surface area contributed by atoms with Crippen molar-refractivity contribution in [3.05, 3.63) is 28.2 Å². The van der Waals surface area contributed by atoms with E-state index in [0.717, 1.165) is 0 Å². The SMILES string of the molecule is CCOC(=O)[C@@H](N[S@](=O)C(C)(C)C)C(C)c1nc(Br)ccc1F. The number of hydrogen-bond acceptors (Lipinski definition) is 4. The number of aromatic nitrogens is 1. The lowest BCUT2D eigenvalue weighted by molar-refractivity contribution is -0.145. The molecular weight excluding hydrogens is 387 g/mol. The van der Waals surface area contributed by atoms with Crippen LogP contribution in [0.15, 0.2) is 16.7 Å². The quantitative estimate of drug-likeness (QED) is 0.579. The average Bonchev–Trinajstić information content (AvgIpc) is 2.45. The molecule has 0 aliphatic carbocycles. The summed E-state index contributed by atoms with van der Waals surface area (Å²) in [5, 5.41) is 0. The van der Waals surface area contributed by atoms with Crippen molar-refractivity contribution in [2.75, 3.05) is 6.61 Å². The molecule has 0 saturated carbocycles. The van der Waals surface area contributed by atoms with Crippen LogP contribution in [0.5, 0.6) is 0 Å². The van der Waals surface area contributed by atoms with Crippen LogP contribution in [0.2, 0.25) is 0 Å². The number of carbonyl (C=O) groups is 1. The van der Waals surface area contributed by atoms with Crippen molar-refractivity contribution in [1.29, 1.82) is 0 Å². The molecule has 23 heavy (non-hydrogen) atoms. The maximum atomic E-state index is 14.1. The van der Waals surface area contributed by atoms with Crippen molar-refractivity contribution < 1.29 is 18.1 Å². The lowest BCUT2D eigenvalue weighted by atomic mass is 9.98. The maximum Gasteiger partial charge on any atom is 0.324 e. The third kappa shape index (κ3) is 5.61. The zero-order chi connectivity index (χ0) is 17.8.